The molecule has 2 rings (SSSR count). The van der Waals surface area contributed by atoms with E-state index in [1.165, 1.54) is 6.26 Å². The summed E-state index contributed by atoms with van der Waals surface area (Å²) < 4.78 is 10.1. The molecule has 5 heteroatoms. The van der Waals surface area contributed by atoms with Crippen LogP contribution in [0.5, 0.6) is 5.75 Å². The molecule has 94 valence electrons. The molecule has 2 aromatic rings. The lowest BCUT2D eigenvalue weighted by Gasteiger charge is -2.08. The van der Waals surface area contributed by atoms with Crippen LogP contribution < -0.4 is 15.8 Å². The van der Waals surface area contributed by atoms with Crippen LogP contribution in [0.15, 0.2) is 34.9 Å². The van der Waals surface area contributed by atoms with Crippen molar-refractivity contribution in [3.63, 3.8) is 0 Å². The molecule has 5 nitrogen and oxygen atoms in total. The maximum absolute atomic E-state index is 11.9. The number of nitrogens with one attached hydrogen (secondary N) is 1. The van der Waals surface area contributed by atoms with E-state index in [0.717, 1.165) is 0 Å². The van der Waals surface area contributed by atoms with Gasteiger partial charge in [-0.3, -0.25) is 4.79 Å². The summed E-state index contributed by atoms with van der Waals surface area (Å²) in [4.78, 5) is 11.9. The second kappa shape index (κ2) is 4.83. The van der Waals surface area contributed by atoms with E-state index in [-0.39, 0.29) is 5.91 Å². The molecule has 0 saturated heterocycles. The number of rotatable bonds is 3. The molecule has 0 radical (unpaired) electrons. The SMILES string of the molecule is COc1ccc(NC(=O)c2ccoc2C)cc1N. The lowest BCUT2D eigenvalue weighted by atomic mass is 10.2. The third kappa shape index (κ3) is 2.29. The zero-order valence-electron chi connectivity index (χ0n) is 10.2. The largest absolute Gasteiger partial charge is 0.495 e. The van der Waals surface area contributed by atoms with Gasteiger partial charge in [0.25, 0.3) is 5.91 Å². The van der Waals surface area contributed by atoms with Crippen LogP contribution in [0.1, 0.15) is 16.1 Å². The maximum atomic E-state index is 11.9. The molecular weight excluding hydrogens is 232 g/mol. The molecule has 1 aromatic carbocycles. The smallest absolute Gasteiger partial charge is 0.259 e. The monoisotopic (exact) mass is 246 g/mol. The Kier molecular flexibility index (Phi) is 3.23. The van der Waals surface area contributed by atoms with E-state index in [9.17, 15) is 4.79 Å². The summed E-state index contributed by atoms with van der Waals surface area (Å²) in [6.07, 6.45) is 1.48. The van der Waals surface area contributed by atoms with Crippen molar-refractivity contribution in [1.82, 2.24) is 0 Å². The van der Waals surface area contributed by atoms with E-state index < -0.39 is 0 Å². The fourth-order valence-electron chi connectivity index (χ4n) is 1.63. The third-order valence-corrected chi connectivity index (χ3v) is 2.59. The highest BCUT2D eigenvalue weighted by Gasteiger charge is 2.12. The number of carbonyl (C=O) groups excluding carboxylic acids is 1. The Labute approximate surface area is 105 Å². The lowest BCUT2D eigenvalue weighted by Crippen LogP contribution is -2.12. The molecule has 0 saturated carbocycles. The van der Waals surface area contributed by atoms with Gasteiger partial charge in [0, 0.05) is 5.69 Å². The number of ether oxygens (including phenoxy) is 1. The molecule has 0 aliphatic heterocycles. The van der Waals surface area contributed by atoms with E-state index in [2.05, 4.69) is 5.32 Å². The summed E-state index contributed by atoms with van der Waals surface area (Å²) >= 11 is 0. The minimum atomic E-state index is -0.231. The molecular formula is C13H14N2O3. The second-order valence-electron chi connectivity index (χ2n) is 3.80. The quantitative estimate of drug-likeness (QED) is 0.815. The number of nitrogen functional groups attached to an aromatic ring is 1. The van der Waals surface area contributed by atoms with Crippen LogP contribution >= 0.6 is 0 Å². The van der Waals surface area contributed by atoms with Crippen molar-refractivity contribution < 1.29 is 13.9 Å². The number of hydrogen-bond acceptors (Lipinski definition) is 4. The molecule has 1 heterocycles. The standard InChI is InChI=1S/C13H14N2O3/c1-8-10(5-6-18-8)13(16)15-9-3-4-12(17-2)11(14)7-9/h3-7H,14H2,1-2H3,(H,15,16). The molecule has 0 unspecified atom stereocenters. The van der Waals surface area contributed by atoms with Gasteiger partial charge in [-0.15, -0.1) is 0 Å². The van der Waals surface area contributed by atoms with E-state index in [0.29, 0.717) is 28.4 Å². The predicted octanol–water partition coefficient (Wildman–Crippen LogP) is 2.43. The number of methoxy groups -OCH3 is 1. The zero-order valence-corrected chi connectivity index (χ0v) is 10.2. The average molecular weight is 246 g/mol. The van der Waals surface area contributed by atoms with Crippen LogP contribution in [0, 0.1) is 6.92 Å². The van der Waals surface area contributed by atoms with Crippen molar-refractivity contribution in [1.29, 1.82) is 0 Å². The number of hydrogen-bond donors (Lipinski definition) is 2. The first kappa shape index (κ1) is 12.0. The fraction of sp³-hybridized carbons (Fsp3) is 0.154. The number of carbonyl (C=O) groups is 1. The van der Waals surface area contributed by atoms with Gasteiger partial charge in [0.2, 0.25) is 0 Å². The molecule has 0 spiro atoms. The molecule has 0 aliphatic carbocycles. The van der Waals surface area contributed by atoms with Gasteiger partial charge in [0.15, 0.2) is 0 Å². The molecule has 1 aromatic heterocycles. The van der Waals surface area contributed by atoms with Crippen LogP contribution in [-0.4, -0.2) is 13.0 Å². The van der Waals surface area contributed by atoms with Crippen LogP contribution in [0.25, 0.3) is 0 Å². The van der Waals surface area contributed by atoms with Gasteiger partial charge in [0.1, 0.15) is 11.5 Å². The summed E-state index contributed by atoms with van der Waals surface area (Å²) in [6, 6.07) is 6.69. The van der Waals surface area contributed by atoms with Crippen LogP contribution in [-0.2, 0) is 0 Å². The molecule has 0 aliphatic rings. The highest BCUT2D eigenvalue weighted by Crippen LogP contribution is 2.25. The van der Waals surface area contributed by atoms with Crippen LogP contribution in [0.4, 0.5) is 11.4 Å². The van der Waals surface area contributed by atoms with Gasteiger partial charge >= 0.3 is 0 Å². The van der Waals surface area contributed by atoms with Crippen molar-refractivity contribution in [3.05, 3.63) is 41.9 Å². The third-order valence-electron chi connectivity index (χ3n) is 2.59. The highest BCUT2D eigenvalue weighted by atomic mass is 16.5. The van der Waals surface area contributed by atoms with Gasteiger partial charge in [-0.1, -0.05) is 0 Å². The molecule has 1 amide bonds. The van der Waals surface area contributed by atoms with Gasteiger partial charge in [0.05, 0.1) is 24.6 Å². The van der Waals surface area contributed by atoms with Crippen molar-refractivity contribution >= 4 is 17.3 Å². The summed E-state index contributed by atoms with van der Waals surface area (Å²) in [5.41, 5.74) is 7.35. The zero-order chi connectivity index (χ0) is 13.1. The maximum Gasteiger partial charge on any atom is 0.259 e. The molecule has 3 N–H and O–H groups in total. The second-order valence-corrected chi connectivity index (χ2v) is 3.80. The first-order valence-corrected chi connectivity index (χ1v) is 5.41. The van der Waals surface area contributed by atoms with Crippen molar-refractivity contribution in [2.45, 2.75) is 6.92 Å². The number of anilines is 2. The fourth-order valence-corrected chi connectivity index (χ4v) is 1.63. The van der Waals surface area contributed by atoms with Gasteiger partial charge in [-0.25, -0.2) is 0 Å². The summed E-state index contributed by atoms with van der Waals surface area (Å²) in [5, 5.41) is 2.74. The minimum absolute atomic E-state index is 0.231. The average Bonchev–Trinajstić information content (AvgIpc) is 2.76. The van der Waals surface area contributed by atoms with E-state index >= 15 is 0 Å². The number of furan rings is 1. The van der Waals surface area contributed by atoms with E-state index in [1.54, 1.807) is 38.3 Å². The Morgan fingerprint density at radius 1 is 1.39 bits per heavy atom. The topological polar surface area (TPSA) is 77.5 Å². The van der Waals surface area contributed by atoms with Crippen LogP contribution in [0.3, 0.4) is 0 Å². The summed E-state index contributed by atoms with van der Waals surface area (Å²) in [6.45, 7) is 1.73. The Balaban J connectivity index is 2.17. The first-order valence-electron chi connectivity index (χ1n) is 5.41. The number of amides is 1. The van der Waals surface area contributed by atoms with Crippen molar-refractivity contribution in [2.75, 3.05) is 18.2 Å². The van der Waals surface area contributed by atoms with E-state index in [4.69, 9.17) is 14.9 Å². The Morgan fingerprint density at radius 3 is 2.72 bits per heavy atom. The summed E-state index contributed by atoms with van der Waals surface area (Å²) in [5.74, 6) is 0.923. The molecule has 18 heavy (non-hydrogen) atoms. The number of benzene rings is 1. The Morgan fingerprint density at radius 2 is 2.17 bits per heavy atom. The minimum Gasteiger partial charge on any atom is -0.495 e. The number of nitrogens with two attached hydrogens (primary N) is 1. The molecule has 0 bridgehead atoms. The predicted molar refractivity (Wildman–Crippen MR) is 68.8 cm³/mol. The molecule has 0 fully saturated rings. The van der Waals surface area contributed by atoms with Gasteiger partial charge in [-0.2, -0.15) is 0 Å². The van der Waals surface area contributed by atoms with Crippen molar-refractivity contribution in [2.24, 2.45) is 0 Å². The van der Waals surface area contributed by atoms with Gasteiger partial charge in [-0.05, 0) is 31.2 Å². The normalized spacial score (nSPS) is 10.1. The first-order chi connectivity index (χ1) is 8.61. The molecule has 0 atom stereocenters. The number of aryl methyl sites for hydroxylation is 1. The van der Waals surface area contributed by atoms with Crippen LogP contribution in [0.2, 0.25) is 0 Å². The summed E-state index contributed by atoms with van der Waals surface area (Å²) in [7, 11) is 1.54. The lowest BCUT2D eigenvalue weighted by molar-refractivity contribution is 0.102. The Hall–Kier alpha value is -2.43. The Bertz CT molecular complexity index is 575. The van der Waals surface area contributed by atoms with E-state index in [1.807, 2.05) is 0 Å². The highest BCUT2D eigenvalue weighted by molar-refractivity contribution is 6.05. The van der Waals surface area contributed by atoms with Gasteiger partial charge < -0.3 is 20.2 Å². The van der Waals surface area contributed by atoms with Crippen molar-refractivity contribution in [3.8, 4) is 5.75 Å².